The Morgan fingerprint density at radius 3 is 2.38 bits per heavy atom. The van der Waals surface area contributed by atoms with E-state index in [1.54, 1.807) is 0 Å². The van der Waals surface area contributed by atoms with E-state index in [1.807, 2.05) is 6.07 Å². The molecule has 0 saturated carbocycles. The summed E-state index contributed by atoms with van der Waals surface area (Å²) in [4.78, 5) is 0. The van der Waals surface area contributed by atoms with Crippen molar-refractivity contribution in [3.63, 3.8) is 0 Å². The molecule has 2 heteroatoms. The lowest BCUT2D eigenvalue weighted by atomic mass is 10.0. The van der Waals surface area contributed by atoms with Crippen molar-refractivity contribution < 1.29 is 0 Å². The van der Waals surface area contributed by atoms with Gasteiger partial charge in [-0.1, -0.05) is 52.3 Å². The predicted molar refractivity (Wildman–Crippen MR) is 72.3 cm³/mol. The Hall–Kier alpha value is -1.12. The average molecular weight is 276 g/mol. The molecule has 0 aliphatic rings. The van der Waals surface area contributed by atoms with Crippen LogP contribution in [0.25, 0.3) is 11.1 Å². The van der Waals surface area contributed by atoms with E-state index >= 15 is 0 Å². The summed E-state index contributed by atoms with van der Waals surface area (Å²) >= 11 is 3.55. The molecule has 1 nitrogen and oxygen atoms in total. The topological polar surface area (TPSA) is 26.0 Å². The fourth-order valence-electron chi connectivity index (χ4n) is 1.73. The lowest BCUT2D eigenvalue weighted by Crippen LogP contribution is -2.03. The van der Waals surface area contributed by atoms with Crippen LogP contribution in [0.5, 0.6) is 0 Å². The molecule has 2 aromatic rings. The van der Waals surface area contributed by atoms with Gasteiger partial charge in [-0.25, -0.2) is 0 Å². The lowest BCUT2D eigenvalue weighted by molar-refractivity contribution is 0.964. The molecule has 0 atom stereocenters. The van der Waals surface area contributed by atoms with Crippen molar-refractivity contribution >= 4 is 15.9 Å². The first-order valence-corrected chi connectivity index (χ1v) is 6.14. The van der Waals surface area contributed by atoms with E-state index in [1.165, 1.54) is 16.7 Å². The van der Waals surface area contributed by atoms with E-state index in [0.717, 1.165) is 10.9 Å². The fourth-order valence-corrected chi connectivity index (χ4v) is 2.18. The molecule has 82 valence electrons. The zero-order valence-electron chi connectivity index (χ0n) is 8.99. The number of halogens is 1. The standard InChI is InChI=1S/C14H14BrN/c15-14-7-6-12(10-13(14)8-9-16)11-4-2-1-3-5-11/h1-7,10H,8-9,16H2. The summed E-state index contributed by atoms with van der Waals surface area (Å²) in [5, 5.41) is 0. The molecule has 0 fully saturated rings. The second-order valence-corrected chi connectivity index (χ2v) is 4.57. The summed E-state index contributed by atoms with van der Waals surface area (Å²) in [6.07, 6.45) is 0.904. The third-order valence-corrected chi connectivity index (χ3v) is 3.34. The third kappa shape index (κ3) is 2.52. The van der Waals surface area contributed by atoms with Gasteiger partial charge in [0.1, 0.15) is 0 Å². The highest BCUT2D eigenvalue weighted by atomic mass is 79.9. The van der Waals surface area contributed by atoms with Gasteiger partial charge in [0.25, 0.3) is 0 Å². The van der Waals surface area contributed by atoms with Gasteiger partial charge in [0, 0.05) is 4.47 Å². The van der Waals surface area contributed by atoms with E-state index in [0.29, 0.717) is 6.54 Å². The first-order chi connectivity index (χ1) is 7.81. The zero-order valence-corrected chi connectivity index (χ0v) is 10.6. The molecule has 0 saturated heterocycles. The van der Waals surface area contributed by atoms with Crippen LogP contribution in [0.4, 0.5) is 0 Å². The molecule has 0 unspecified atom stereocenters. The average Bonchev–Trinajstić information content (AvgIpc) is 2.33. The van der Waals surface area contributed by atoms with Crippen molar-refractivity contribution in [2.75, 3.05) is 6.54 Å². The maximum absolute atomic E-state index is 5.60. The second kappa shape index (κ2) is 5.28. The summed E-state index contributed by atoms with van der Waals surface area (Å²) in [5.41, 5.74) is 9.35. The summed E-state index contributed by atoms with van der Waals surface area (Å²) in [6.45, 7) is 0.677. The quantitative estimate of drug-likeness (QED) is 0.910. The number of hydrogen-bond donors (Lipinski definition) is 1. The zero-order chi connectivity index (χ0) is 11.4. The van der Waals surface area contributed by atoms with Crippen LogP contribution >= 0.6 is 15.9 Å². The Balaban J connectivity index is 2.40. The highest BCUT2D eigenvalue weighted by Gasteiger charge is 2.02. The minimum Gasteiger partial charge on any atom is -0.330 e. The van der Waals surface area contributed by atoms with Crippen molar-refractivity contribution in [2.45, 2.75) is 6.42 Å². The van der Waals surface area contributed by atoms with E-state index in [9.17, 15) is 0 Å². The molecule has 0 amide bonds. The Morgan fingerprint density at radius 2 is 1.69 bits per heavy atom. The number of hydrogen-bond acceptors (Lipinski definition) is 1. The first-order valence-electron chi connectivity index (χ1n) is 5.35. The maximum atomic E-state index is 5.60. The van der Waals surface area contributed by atoms with Crippen LogP contribution in [0.15, 0.2) is 53.0 Å². The van der Waals surface area contributed by atoms with Gasteiger partial charge in [0.2, 0.25) is 0 Å². The van der Waals surface area contributed by atoms with Crippen LogP contribution in [-0.2, 0) is 6.42 Å². The van der Waals surface area contributed by atoms with Gasteiger partial charge >= 0.3 is 0 Å². The summed E-state index contributed by atoms with van der Waals surface area (Å²) in [5.74, 6) is 0. The Labute approximate surface area is 104 Å². The summed E-state index contributed by atoms with van der Waals surface area (Å²) in [7, 11) is 0. The van der Waals surface area contributed by atoms with Crippen LogP contribution in [0.3, 0.4) is 0 Å². The first kappa shape index (κ1) is 11.4. The molecule has 2 aromatic carbocycles. The fraction of sp³-hybridized carbons (Fsp3) is 0.143. The predicted octanol–water partition coefficient (Wildman–Crippen LogP) is 3.62. The number of nitrogens with two attached hydrogens (primary N) is 1. The van der Waals surface area contributed by atoms with Crippen LogP contribution in [-0.4, -0.2) is 6.54 Å². The van der Waals surface area contributed by atoms with E-state index in [2.05, 4.69) is 58.4 Å². The molecule has 0 aliphatic carbocycles. The molecule has 0 aliphatic heterocycles. The largest absolute Gasteiger partial charge is 0.330 e. The molecule has 0 radical (unpaired) electrons. The molecule has 2 rings (SSSR count). The normalized spacial score (nSPS) is 10.4. The SMILES string of the molecule is NCCc1cc(-c2ccccc2)ccc1Br. The van der Waals surface area contributed by atoms with Crippen molar-refractivity contribution in [1.29, 1.82) is 0 Å². The van der Waals surface area contributed by atoms with Gasteiger partial charge in [-0.3, -0.25) is 0 Å². The number of rotatable bonds is 3. The molecule has 0 spiro atoms. The molecule has 0 bridgehead atoms. The lowest BCUT2D eigenvalue weighted by Gasteiger charge is -2.07. The Bertz CT molecular complexity index is 465. The Morgan fingerprint density at radius 1 is 0.938 bits per heavy atom. The Kier molecular flexibility index (Phi) is 3.75. The highest BCUT2D eigenvalue weighted by molar-refractivity contribution is 9.10. The molecular formula is C14H14BrN. The van der Waals surface area contributed by atoms with Gasteiger partial charge < -0.3 is 5.73 Å². The summed E-state index contributed by atoms with van der Waals surface area (Å²) in [6, 6.07) is 16.8. The minimum atomic E-state index is 0.677. The van der Waals surface area contributed by atoms with E-state index in [-0.39, 0.29) is 0 Å². The molecule has 0 heterocycles. The van der Waals surface area contributed by atoms with Crippen LogP contribution in [0.2, 0.25) is 0 Å². The van der Waals surface area contributed by atoms with Crippen LogP contribution in [0, 0.1) is 0 Å². The van der Waals surface area contributed by atoms with Crippen molar-refractivity contribution in [3.8, 4) is 11.1 Å². The molecule has 2 N–H and O–H groups in total. The molecule has 16 heavy (non-hydrogen) atoms. The van der Waals surface area contributed by atoms with Crippen LogP contribution < -0.4 is 5.73 Å². The maximum Gasteiger partial charge on any atom is 0.0208 e. The second-order valence-electron chi connectivity index (χ2n) is 3.71. The highest BCUT2D eigenvalue weighted by Crippen LogP contribution is 2.25. The van der Waals surface area contributed by atoms with Crippen molar-refractivity contribution in [2.24, 2.45) is 5.73 Å². The smallest absolute Gasteiger partial charge is 0.0208 e. The monoisotopic (exact) mass is 275 g/mol. The third-order valence-electron chi connectivity index (χ3n) is 2.57. The van der Waals surface area contributed by atoms with Crippen molar-refractivity contribution in [3.05, 3.63) is 58.6 Å². The number of benzene rings is 2. The summed E-state index contributed by atoms with van der Waals surface area (Å²) < 4.78 is 1.14. The van der Waals surface area contributed by atoms with Gasteiger partial charge in [-0.2, -0.15) is 0 Å². The van der Waals surface area contributed by atoms with E-state index < -0.39 is 0 Å². The van der Waals surface area contributed by atoms with Crippen LogP contribution in [0.1, 0.15) is 5.56 Å². The van der Waals surface area contributed by atoms with Crippen molar-refractivity contribution in [1.82, 2.24) is 0 Å². The molecule has 0 aromatic heterocycles. The van der Waals surface area contributed by atoms with Gasteiger partial charge in [0.05, 0.1) is 0 Å². The van der Waals surface area contributed by atoms with E-state index in [4.69, 9.17) is 5.73 Å². The molecular weight excluding hydrogens is 262 g/mol. The van der Waals surface area contributed by atoms with Gasteiger partial charge in [-0.15, -0.1) is 0 Å². The minimum absolute atomic E-state index is 0.677. The van der Waals surface area contributed by atoms with Gasteiger partial charge in [0.15, 0.2) is 0 Å². The van der Waals surface area contributed by atoms with Gasteiger partial charge in [-0.05, 0) is 41.8 Å².